The van der Waals surface area contributed by atoms with Gasteiger partial charge in [-0.25, -0.2) is 0 Å². The van der Waals surface area contributed by atoms with Crippen LogP contribution in [0.4, 0.5) is 0 Å². The highest BCUT2D eigenvalue weighted by molar-refractivity contribution is 8.76. The van der Waals surface area contributed by atoms with Crippen LogP contribution >= 0.6 is 21.6 Å². The van der Waals surface area contributed by atoms with Crippen LogP contribution in [0.25, 0.3) is 0 Å². The first-order valence-electron chi connectivity index (χ1n) is 10.7. The van der Waals surface area contributed by atoms with E-state index in [1.807, 2.05) is 0 Å². The van der Waals surface area contributed by atoms with E-state index in [2.05, 4.69) is 48.5 Å². The summed E-state index contributed by atoms with van der Waals surface area (Å²) in [5.74, 6) is 2.05. The number of ether oxygens (including phenoxy) is 2. The molecular weight excluding hydrogens is 384 g/mol. The van der Waals surface area contributed by atoms with Crippen LogP contribution in [-0.2, 0) is 0 Å². The average Bonchev–Trinajstić information content (AvgIpc) is 2.76. The average molecular weight is 415 g/mol. The molecule has 0 amide bonds. The number of hydrogen-bond acceptors (Lipinski definition) is 4. The minimum absolute atomic E-state index is 0.377. The minimum atomic E-state index is 0.377. The Kier molecular flexibility index (Phi) is 7.51. The maximum Gasteiger partial charge on any atom is 0.134 e. The maximum atomic E-state index is 6.36. The van der Waals surface area contributed by atoms with Crippen molar-refractivity contribution in [2.45, 2.75) is 86.2 Å². The summed E-state index contributed by atoms with van der Waals surface area (Å²) in [6, 6.07) is 16.9. The summed E-state index contributed by atoms with van der Waals surface area (Å²) in [6.45, 7) is 0. The molecule has 4 rings (SSSR count). The van der Waals surface area contributed by atoms with Gasteiger partial charge in [0.2, 0.25) is 0 Å². The Labute approximate surface area is 177 Å². The largest absolute Gasteiger partial charge is 0.489 e. The predicted molar refractivity (Wildman–Crippen MR) is 120 cm³/mol. The van der Waals surface area contributed by atoms with Crippen molar-refractivity contribution in [2.24, 2.45) is 0 Å². The van der Waals surface area contributed by atoms with E-state index in [1.165, 1.54) is 74.0 Å². The Hall–Kier alpha value is -1.26. The molecular formula is C24H30O2S2. The summed E-state index contributed by atoms with van der Waals surface area (Å²) >= 11 is 0. The lowest BCUT2D eigenvalue weighted by atomic mass is 9.98. The summed E-state index contributed by atoms with van der Waals surface area (Å²) in [5.41, 5.74) is 0. The number of benzene rings is 2. The zero-order chi connectivity index (χ0) is 19.0. The second-order valence-corrected chi connectivity index (χ2v) is 10.0. The highest BCUT2D eigenvalue weighted by atomic mass is 33.1. The van der Waals surface area contributed by atoms with Crippen molar-refractivity contribution in [1.82, 2.24) is 0 Å². The van der Waals surface area contributed by atoms with E-state index in [9.17, 15) is 0 Å². The lowest BCUT2D eigenvalue weighted by Crippen LogP contribution is -2.19. The molecule has 0 unspecified atom stereocenters. The number of para-hydroxylation sites is 2. The van der Waals surface area contributed by atoms with E-state index in [0.29, 0.717) is 12.2 Å². The van der Waals surface area contributed by atoms with Crippen LogP contribution in [0.1, 0.15) is 64.2 Å². The topological polar surface area (TPSA) is 18.5 Å². The van der Waals surface area contributed by atoms with Crippen LogP contribution < -0.4 is 9.47 Å². The van der Waals surface area contributed by atoms with Gasteiger partial charge in [0.25, 0.3) is 0 Å². The quantitative estimate of drug-likeness (QED) is 0.428. The second kappa shape index (κ2) is 10.5. The zero-order valence-electron chi connectivity index (χ0n) is 16.5. The summed E-state index contributed by atoms with van der Waals surface area (Å²) in [5, 5.41) is 0. The van der Waals surface area contributed by atoms with Gasteiger partial charge in [0, 0.05) is 0 Å². The molecule has 0 aliphatic heterocycles. The van der Waals surface area contributed by atoms with Crippen molar-refractivity contribution in [1.29, 1.82) is 0 Å². The molecule has 2 fully saturated rings. The van der Waals surface area contributed by atoms with Crippen molar-refractivity contribution >= 4 is 21.6 Å². The molecule has 2 aromatic rings. The van der Waals surface area contributed by atoms with Crippen LogP contribution in [-0.4, -0.2) is 12.2 Å². The third kappa shape index (κ3) is 5.64. The lowest BCUT2D eigenvalue weighted by Gasteiger charge is -2.24. The normalized spacial score (nSPS) is 18.7. The minimum Gasteiger partial charge on any atom is -0.489 e. The van der Waals surface area contributed by atoms with Crippen molar-refractivity contribution in [3.63, 3.8) is 0 Å². The first kappa shape index (κ1) is 20.0. The molecule has 2 saturated carbocycles. The molecule has 2 aromatic carbocycles. The summed E-state index contributed by atoms with van der Waals surface area (Å²) in [7, 11) is 3.55. The fourth-order valence-corrected chi connectivity index (χ4v) is 6.26. The second-order valence-electron chi connectivity index (χ2n) is 7.82. The van der Waals surface area contributed by atoms with E-state index in [-0.39, 0.29) is 0 Å². The monoisotopic (exact) mass is 414 g/mol. The van der Waals surface area contributed by atoms with Gasteiger partial charge in [0.1, 0.15) is 11.5 Å². The third-order valence-corrected chi connectivity index (χ3v) is 8.06. The summed E-state index contributed by atoms with van der Waals surface area (Å²) in [4.78, 5) is 2.40. The third-order valence-electron chi connectivity index (χ3n) is 5.61. The Balaban J connectivity index is 1.40. The molecule has 0 atom stereocenters. The number of hydrogen-bond donors (Lipinski definition) is 0. The van der Waals surface area contributed by atoms with Gasteiger partial charge < -0.3 is 9.47 Å². The van der Waals surface area contributed by atoms with Gasteiger partial charge >= 0.3 is 0 Å². The van der Waals surface area contributed by atoms with E-state index in [1.54, 1.807) is 21.6 Å². The molecule has 28 heavy (non-hydrogen) atoms. The highest BCUT2D eigenvalue weighted by Crippen LogP contribution is 2.45. The molecule has 2 nitrogen and oxygen atoms in total. The van der Waals surface area contributed by atoms with Crippen LogP contribution in [0, 0.1) is 0 Å². The first-order valence-corrected chi connectivity index (χ1v) is 12.9. The molecule has 0 bridgehead atoms. The lowest BCUT2D eigenvalue weighted by molar-refractivity contribution is 0.151. The smallest absolute Gasteiger partial charge is 0.134 e. The van der Waals surface area contributed by atoms with Crippen LogP contribution in [0.15, 0.2) is 58.3 Å². The first-order chi connectivity index (χ1) is 13.9. The Morgan fingerprint density at radius 1 is 0.536 bits per heavy atom. The van der Waals surface area contributed by atoms with Gasteiger partial charge in [-0.05, 0) is 97.2 Å². The summed E-state index contributed by atoms with van der Waals surface area (Å²) in [6.07, 6.45) is 13.4. The van der Waals surface area contributed by atoms with Gasteiger partial charge in [-0.15, -0.1) is 0 Å². The summed E-state index contributed by atoms with van der Waals surface area (Å²) < 4.78 is 12.7. The van der Waals surface area contributed by atoms with E-state index >= 15 is 0 Å². The molecule has 0 radical (unpaired) electrons. The SMILES string of the molecule is c1ccc(SSc2ccccc2OC2CCCCC2)c(OC2CCCCC2)c1. The van der Waals surface area contributed by atoms with Gasteiger partial charge in [-0.1, -0.05) is 37.1 Å². The van der Waals surface area contributed by atoms with Crippen molar-refractivity contribution in [3.8, 4) is 11.5 Å². The van der Waals surface area contributed by atoms with Crippen LogP contribution in [0.2, 0.25) is 0 Å². The van der Waals surface area contributed by atoms with Crippen LogP contribution in [0.5, 0.6) is 11.5 Å². The molecule has 0 aromatic heterocycles. The predicted octanol–water partition coefficient (Wildman–Crippen LogP) is 7.91. The zero-order valence-corrected chi connectivity index (χ0v) is 18.1. The molecule has 0 saturated heterocycles. The maximum absolute atomic E-state index is 6.36. The molecule has 0 heterocycles. The van der Waals surface area contributed by atoms with Gasteiger partial charge in [0.15, 0.2) is 0 Å². The van der Waals surface area contributed by atoms with Crippen LogP contribution in [0.3, 0.4) is 0 Å². The van der Waals surface area contributed by atoms with Gasteiger partial charge in [-0.2, -0.15) is 0 Å². The van der Waals surface area contributed by atoms with E-state index < -0.39 is 0 Å². The Bertz CT molecular complexity index is 673. The van der Waals surface area contributed by atoms with E-state index in [0.717, 1.165) is 11.5 Å². The fraction of sp³-hybridized carbons (Fsp3) is 0.500. The van der Waals surface area contributed by atoms with Gasteiger partial charge in [0.05, 0.1) is 22.0 Å². The fourth-order valence-electron chi connectivity index (χ4n) is 4.05. The highest BCUT2D eigenvalue weighted by Gasteiger charge is 2.18. The molecule has 2 aliphatic carbocycles. The van der Waals surface area contributed by atoms with Crippen molar-refractivity contribution < 1.29 is 9.47 Å². The molecule has 4 heteroatoms. The molecule has 0 N–H and O–H groups in total. The Morgan fingerprint density at radius 2 is 0.929 bits per heavy atom. The van der Waals surface area contributed by atoms with Gasteiger partial charge in [-0.3, -0.25) is 0 Å². The molecule has 150 valence electrons. The van der Waals surface area contributed by atoms with E-state index in [4.69, 9.17) is 9.47 Å². The molecule has 2 aliphatic rings. The standard InChI is InChI=1S/C24H30O2S2/c1-3-11-19(12-4-1)25-21-15-7-9-17-23(21)27-28-24-18-10-8-16-22(24)26-20-13-5-2-6-14-20/h7-10,15-20H,1-6,11-14H2. The molecule has 0 spiro atoms. The number of rotatable bonds is 7. The Morgan fingerprint density at radius 3 is 1.36 bits per heavy atom. The van der Waals surface area contributed by atoms with Crippen molar-refractivity contribution in [2.75, 3.05) is 0 Å². The van der Waals surface area contributed by atoms with Crippen molar-refractivity contribution in [3.05, 3.63) is 48.5 Å².